The van der Waals surface area contributed by atoms with E-state index in [9.17, 15) is 13.6 Å². The zero-order valence-corrected chi connectivity index (χ0v) is 10.1. The number of carboxylic acid groups (broad SMARTS) is 1. The summed E-state index contributed by atoms with van der Waals surface area (Å²) in [5.41, 5.74) is -0.516. The van der Waals surface area contributed by atoms with Crippen molar-refractivity contribution in [3.05, 3.63) is 29.3 Å². The maximum Gasteiger partial charge on any atom is 0.335 e. The largest absolute Gasteiger partial charge is 0.478 e. The molecule has 1 aromatic rings. The second kappa shape index (κ2) is 4.92. The maximum absolute atomic E-state index is 13.7. The van der Waals surface area contributed by atoms with Gasteiger partial charge in [0.25, 0.3) is 0 Å². The molecule has 0 saturated heterocycles. The molecule has 1 aliphatic carbocycles. The van der Waals surface area contributed by atoms with Crippen molar-refractivity contribution in [3.8, 4) is 0 Å². The van der Waals surface area contributed by atoms with Crippen molar-refractivity contribution < 1.29 is 18.7 Å². The molecule has 0 bridgehead atoms. The highest BCUT2D eigenvalue weighted by Gasteiger charge is 2.23. The van der Waals surface area contributed by atoms with E-state index < -0.39 is 17.6 Å². The molecule has 0 unspecified atom stereocenters. The van der Waals surface area contributed by atoms with Crippen LogP contribution in [0.3, 0.4) is 0 Å². The molecule has 5 heteroatoms. The zero-order valence-electron chi connectivity index (χ0n) is 10.1. The number of carbonyl (C=O) groups is 1. The molecule has 0 atom stereocenters. The molecule has 2 rings (SSSR count). The van der Waals surface area contributed by atoms with E-state index in [-0.39, 0.29) is 11.3 Å². The summed E-state index contributed by atoms with van der Waals surface area (Å²) in [6.45, 7) is 0.597. The molecule has 0 amide bonds. The fourth-order valence-electron chi connectivity index (χ4n) is 2.21. The summed E-state index contributed by atoms with van der Waals surface area (Å²) in [4.78, 5) is 12.2. The minimum absolute atomic E-state index is 0.146. The van der Waals surface area contributed by atoms with Gasteiger partial charge < -0.3 is 10.0 Å². The molecular formula is C13H15F2NO2. The van der Waals surface area contributed by atoms with Crippen LogP contribution in [-0.4, -0.2) is 24.7 Å². The van der Waals surface area contributed by atoms with E-state index in [4.69, 9.17) is 5.11 Å². The van der Waals surface area contributed by atoms with Crippen molar-refractivity contribution in [3.63, 3.8) is 0 Å². The van der Waals surface area contributed by atoms with Crippen LogP contribution in [0, 0.1) is 17.6 Å². The molecule has 98 valence electrons. The Labute approximate surface area is 104 Å². The molecule has 0 aromatic heterocycles. The first-order valence-corrected chi connectivity index (χ1v) is 5.92. The highest BCUT2D eigenvalue weighted by atomic mass is 19.1. The average molecular weight is 255 g/mol. The predicted molar refractivity (Wildman–Crippen MR) is 63.9 cm³/mol. The van der Waals surface area contributed by atoms with E-state index in [0.717, 1.165) is 25.0 Å². The Bertz CT molecular complexity index is 449. The zero-order chi connectivity index (χ0) is 13.3. The normalized spacial score (nSPS) is 15.3. The number of hydrogen-bond donors (Lipinski definition) is 1. The molecule has 1 aliphatic rings. The predicted octanol–water partition coefficient (Wildman–Crippen LogP) is 2.90. The molecule has 1 fully saturated rings. The lowest BCUT2D eigenvalue weighted by atomic mass is 9.85. The van der Waals surface area contributed by atoms with E-state index in [1.807, 2.05) is 0 Å². The van der Waals surface area contributed by atoms with Crippen molar-refractivity contribution >= 4 is 11.7 Å². The van der Waals surface area contributed by atoms with Gasteiger partial charge in [0.05, 0.1) is 5.56 Å². The van der Waals surface area contributed by atoms with E-state index in [1.165, 1.54) is 11.3 Å². The summed E-state index contributed by atoms with van der Waals surface area (Å²) in [7, 11) is 1.63. The van der Waals surface area contributed by atoms with Crippen molar-refractivity contribution in [1.82, 2.24) is 0 Å². The molecule has 3 nitrogen and oxygen atoms in total. The van der Waals surface area contributed by atoms with Crippen LogP contribution < -0.4 is 4.90 Å². The fraction of sp³-hybridized carbons (Fsp3) is 0.462. The summed E-state index contributed by atoms with van der Waals surface area (Å²) < 4.78 is 27.5. The van der Waals surface area contributed by atoms with Crippen LogP contribution in [0.5, 0.6) is 0 Å². The van der Waals surface area contributed by atoms with Gasteiger partial charge in [-0.05, 0) is 30.9 Å². The van der Waals surface area contributed by atoms with Crippen LogP contribution in [0.4, 0.5) is 14.5 Å². The Balaban J connectivity index is 2.23. The van der Waals surface area contributed by atoms with Gasteiger partial charge in [0.2, 0.25) is 0 Å². The quantitative estimate of drug-likeness (QED) is 0.899. The Morgan fingerprint density at radius 3 is 2.33 bits per heavy atom. The second-order valence-electron chi connectivity index (χ2n) is 4.77. The van der Waals surface area contributed by atoms with Crippen LogP contribution in [0.2, 0.25) is 0 Å². The van der Waals surface area contributed by atoms with Crippen LogP contribution in [0.15, 0.2) is 12.1 Å². The first-order valence-electron chi connectivity index (χ1n) is 5.92. The third-order valence-electron chi connectivity index (χ3n) is 3.40. The highest BCUT2D eigenvalue weighted by Crippen LogP contribution is 2.30. The number of nitrogens with zero attached hydrogens (tertiary/aromatic N) is 1. The van der Waals surface area contributed by atoms with Crippen LogP contribution >= 0.6 is 0 Å². The van der Waals surface area contributed by atoms with Gasteiger partial charge in [0, 0.05) is 13.6 Å². The third-order valence-corrected chi connectivity index (χ3v) is 3.40. The summed E-state index contributed by atoms with van der Waals surface area (Å²) in [6.07, 6.45) is 3.34. The number of halogens is 2. The van der Waals surface area contributed by atoms with Crippen molar-refractivity contribution in [2.75, 3.05) is 18.5 Å². The van der Waals surface area contributed by atoms with E-state index in [2.05, 4.69) is 0 Å². The van der Waals surface area contributed by atoms with E-state index in [1.54, 1.807) is 7.05 Å². The van der Waals surface area contributed by atoms with Gasteiger partial charge in [-0.3, -0.25) is 0 Å². The molecule has 0 spiro atoms. The molecule has 0 heterocycles. The van der Waals surface area contributed by atoms with Crippen LogP contribution in [0.1, 0.15) is 29.6 Å². The lowest BCUT2D eigenvalue weighted by Gasteiger charge is -2.31. The Morgan fingerprint density at radius 2 is 1.94 bits per heavy atom. The summed E-state index contributed by atoms with van der Waals surface area (Å²) in [6, 6.07) is 1.72. The molecule has 18 heavy (non-hydrogen) atoms. The Morgan fingerprint density at radius 1 is 1.39 bits per heavy atom. The fourth-order valence-corrected chi connectivity index (χ4v) is 2.21. The highest BCUT2D eigenvalue weighted by molar-refractivity contribution is 5.88. The Kier molecular flexibility index (Phi) is 3.50. The molecule has 0 aliphatic heterocycles. The summed E-state index contributed by atoms with van der Waals surface area (Å²) in [5.74, 6) is -2.50. The van der Waals surface area contributed by atoms with Crippen molar-refractivity contribution in [1.29, 1.82) is 0 Å². The SMILES string of the molecule is CN(CC1CCC1)c1c(F)cc(C(=O)O)cc1F. The van der Waals surface area contributed by atoms with E-state index in [0.29, 0.717) is 12.5 Å². The minimum atomic E-state index is -1.33. The monoisotopic (exact) mass is 255 g/mol. The molecular weight excluding hydrogens is 240 g/mol. The Hall–Kier alpha value is -1.65. The number of rotatable bonds is 4. The lowest BCUT2D eigenvalue weighted by Crippen LogP contribution is -2.30. The topological polar surface area (TPSA) is 40.5 Å². The van der Waals surface area contributed by atoms with Gasteiger partial charge in [-0.2, -0.15) is 0 Å². The number of carboxylic acids is 1. The number of hydrogen-bond acceptors (Lipinski definition) is 2. The van der Waals surface area contributed by atoms with Crippen LogP contribution in [-0.2, 0) is 0 Å². The van der Waals surface area contributed by atoms with Gasteiger partial charge in [0.1, 0.15) is 17.3 Å². The molecule has 1 aromatic carbocycles. The third kappa shape index (κ3) is 2.44. The smallest absolute Gasteiger partial charge is 0.335 e. The van der Waals surface area contributed by atoms with Gasteiger partial charge in [-0.1, -0.05) is 6.42 Å². The van der Waals surface area contributed by atoms with Gasteiger partial charge in [-0.15, -0.1) is 0 Å². The summed E-state index contributed by atoms with van der Waals surface area (Å²) >= 11 is 0. The van der Waals surface area contributed by atoms with Gasteiger partial charge >= 0.3 is 5.97 Å². The van der Waals surface area contributed by atoms with E-state index >= 15 is 0 Å². The van der Waals surface area contributed by atoms with Crippen molar-refractivity contribution in [2.45, 2.75) is 19.3 Å². The molecule has 0 radical (unpaired) electrons. The van der Waals surface area contributed by atoms with Crippen LogP contribution in [0.25, 0.3) is 0 Å². The summed E-state index contributed by atoms with van der Waals surface area (Å²) in [5, 5.41) is 8.71. The van der Waals surface area contributed by atoms with Gasteiger partial charge in [-0.25, -0.2) is 13.6 Å². The van der Waals surface area contributed by atoms with Gasteiger partial charge in [0.15, 0.2) is 0 Å². The average Bonchev–Trinajstić information content (AvgIpc) is 2.22. The second-order valence-corrected chi connectivity index (χ2v) is 4.77. The molecule has 1 N–H and O–H groups in total. The first kappa shape index (κ1) is 12.8. The number of anilines is 1. The standard InChI is InChI=1S/C13H15F2NO2/c1-16(7-8-3-2-4-8)12-10(14)5-9(13(17)18)6-11(12)15/h5-6,8H,2-4,7H2,1H3,(H,17,18). The lowest BCUT2D eigenvalue weighted by molar-refractivity contribution is 0.0695. The maximum atomic E-state index is 13.7. The number of benzene rings is 1. The number of aromatic carboxylic acids is 1. The minimum Gasteiger partial charge on any atom is -0.478 e. The molecule has 1 saturated carbocycles. The first-order chi connectivity index (χ1) is 8.49. The van der Waals surface area contributed by atoms with Crippen molar-refractivity contribution in [2.24, 2.45) is 5.92 Å².